The van der Waals surface area contributed by atoms with Gasteiger partial charge < -0.3 is 4.74 Å². The van der Waals surface area contributed by atoms with Crippen molar-refractivity contribution >= 4 is 12.0 Å². The van der Waals surface area contributed by atoms with Crippen LogP contribution in [0.4, 0.5) is 4.79 Å². The summed E-state index contributed by atoms with van der Waals surface area (Å²) in [5.41, 5.74) is 0.679. The number of carbonyl (C=O) groups excluding carboxylic acids is 2. The molecule has 5 nitrogen and oxygen atoms in total. The molecule has 0 N–H and O–H groups in total. The maximum Gasteiger partial charge on any atom is 0.417 e. The predicted molar refractivity (Wildman–Crippen MR) is 86.6 cm³/mol. The molecule has 0 bridgehead atoms. The summed E-state index contributed by atoms with van der Waals surface area (Å²) in [7, 11) is 0. The van der Waals surface area contributed by atoms with Gasteiger partial charge in [0.25, 0.3) is 0 Å². The van der Waals surface area contributed by atoms with E-state index in [9.17, 15) is 9.59 Å². The highest BCUT2D eigenvalue weighted by Crippen LogP contribution is 2.33. The molecular formula is C18H24N2O3. The zero-order valence-corrected chi connectivity index (χ0v) is 14.0. The summed E-state index contributed by atoms with van der Waals surface area (Å²) >= 11 is 0. The number of likely N-dealkylation sites (tertiary alicyclic amines) is 2. The number of benzene rings is 1. The second-order valence-electron chi connectivity index (χ2n) is 7.48. The van der Waals surface area contributed by atoms with Gasteiger partial charge in [0, 0.05) is 32.1 Å². The average molecular weight is 316 g/mol. The fourth-order valence-corrected chi connectivity index (χ4v) is 3.40. The number of hydrogen-bond donors (Lipinski definition) is 0. The number of rotatable bonds is 2. The highest BCUT2D eigenvalue weighted by molar-refractivity contribution is 5.95. The van der Waals surface area contributed by atoms with E-state index in [2.05, 4.69) is 17.0 Å². The summed E-state index contributed by atoms with van der Waals surface area (Å²) < 4.78 is 5.33. The number of imide groups is 1. The lowest BCUT2D eigenvalue weighted by Crippen LogP contribution is -2.40. The van der Waals surface area contributed by atoms with Crippen LogP contribution in [0.5, 0.6) is 0 Å². The molecule has 2 amide bonds. The van der Waals surface area contributed by atoms with Crippen LogP contribution in [0.3, 0.4) is 0 Å². The van der Waals surface area contributed by atoms with E-state index in [-0.39, 0.29) is 17.7 Å². The van der Waals surface area contributed by atoms with Crippen molar-refractivity contribution in [2.24, 2.45) is 11.8 Å². The topological polar surface area (TPSA) is 49.9 Å². The van der Waals surface area contributed by atoms with Crippen molar-refractivity contribution in [1.29, 1.82) is 0 Å². The van der Waals surface area contributed by atoms with Gasteiger partial charge >= 0.3 is 6.09 Å². The van der Waals surface area contributed by atoms with Crippen LogP contribution >= 0.6 is 0 Å². The lowest BCUT2D eigenvalue weighted by Gasteiger charge is -2.25. The molecule has 2 fully saturated rings. The van der Waals surface area contributed by atoms with Crippen molar-refractivity contribution in [3.8, 4) is 0 Å². The van der Waals surface area contributed by atoms with E-state index in [1.807, 2.05) is 39.0 Å². The summed E-state index contributed by atoms with van der Waals surface area (Å²) in [6, 6.07) is 10.3. The largest absolute Gasteiger partial charge is 0.443 e. The van der Waals surface area contributed by atoms with E-state index in [0.717, 1.165) is 19.6 Å². The number of ether oxygens (including phenoxy) is 1. The van der Waals surface area contributed by atoms with Crippen molar-refractivity contribution in [3.05, 3.63) is 35.9 Å². The van der Waals surface area contributed by atoms with E-state index in [4.69, 9.17) is 4.74 Å². The Morgan fingerprint density at radius 1 is 1.17 bits per heavy atom. The first kappa shape index (κ1) is 16.0. The number of nitrogens with zero attached hydrogens (tertiary/aromatic N) is 2. The maximum atomic E-state index is 12.5. The molecule has 2 atom stereocenters. The van der Waals surface area contributed by atoms with Gasteiger partial charge in [-0.3, -0.25) is 9.69 Å². The van der Waals surface area contributed by atoms with E-state index >= 15 is 0 Å². The summed E-state index contributed by atoms with van der Waals surface area (Å²) in [5, 5.41) is 0. The molecule has 2 heterocycles. The van der Waals surface area contributed by atoms with E-state index in [1.54, 1.807) is 0 Å². The molecule has 1 aromatic carbocycles. The predicted octanol–water partition coefficient (Wildman–Crippen LogP) is 2.51. The molecule has 1 aromatic rings. The minimum atomic E-state index is -0.575. The number of amides is 2. The summed E-state index contributed by atoms with van der Waals surface area (Å²) in [6.45, 7) is 8.34. The van der Waals surface area contributed by atoms with Crippen LogP contribution in [0.1, 0.15) is 26.3 Å². The molecule has 0 unspecified atom stereocenters. The molecule has 0 radical (unpaired) electrons. The van der Waals surface area contributed by atoms with Gasteiger partial charge in [-0.25, -0.2) is 9.69 Å². The average Bonchev–Trinajstić information content (AvgIpc) is 2.98. The van der Waals surface area contributed by atoms with Gasteiger partial charge in [-0.05, 0) is 26.3 Å². The van der Waals surface area contributed by atoms with Gasteiger partial charge in [0.15, 0.2) is 0 Å². The SMILES string of the molecule is CC(C)(C)OC(=O)N1C[C@H]2CN(Cc3ccccc3)C[C@H]2C1=O. The third-order valence-corrected chi connectivity index (χ3v) is 4.38. The molecule has 0 aliphatic carbocycles. The number of carbonyl (C=O) groups is 2. The second-order valence-corrected chi connectivity index (χ2v) is 7.48. The fourth-order valence-electron chi connectivity index (χ4n) is 3.40. The first-order valence-corrected chi connectivity index (χ1v) is 8.14. The van der Waals surface area contributed by atoms with Gasteiger partial charge in [-0.1, -0.05) is 30.3 Å². The zero-order valence-electron chi connectivity index (χ0n) is 14.0. The monoisotopic (exact) mass is 316 g/mol. The lowest BCUT2D eigenvalue weighted by atomic mass is 10.0. The molecule has 2 aliphatic rings. The van der Waals surface area contributed by atoms with Crippen molar-refractivity contribution < 1.29 is 14.3 Å². The third kappa shape index (κ3) is 3.55. The first-order chi connectivity index (χ1) is 10.8. The molecule has 3 rings (SSSR count). The van der Waals surface area contributed by atoms with E-state index in [0.29, 0.717) is 6.54 Å². The molecule has 2 saturated heterocycles. The quantitative estimate of drug-likeness (QED) is 0.841. The van der Waals surface area contributed by atoms with Gasteiger partial charge in [0.05, 0.1) is 5.92 Å². The molecule has 2 aliphatic heterocycles. The molecule has 5 heteroatoms. The normalized spacial score (nSPS) is 24.8. The van der Waals surface area contributed by atoms with Crippen molar-refractivity contribution in [2.45, 2.75) is 32.9 Å². The smallest absolute Gasteiger partial charge is 0.417 e. The van der Waals surface area contributed by atoms with Gasteiger partial charge in [0.1, 0.15) is 5.60 Å². The van der Waals surface area contributed by atoms with Crippen LogP contribution in [0, 0.1) is 11.8 Å². The lowest BCUT2D eigenvalue weighted by molar-refractivity contribution is -0.130. The van der Waals surface area contributed by atoms with Gasteiger partial charge in [-0.2, -0.15) is 0 Å². The minimum absolute atomic E-state index is 0.0776. The van der Waals surface area contributed by atoms with Crippen LogP contribution in [-0.2, 0) is 16.1 Å². The Morgan fingerprint density at radius 3 is 2.48 bits per heavy atom. The molecule has 0 aromatic heterocycles. The fraction of sp³-hybridized carbons (Fsp3) is 0.556. The Balaban J connectivity index is 1.59. The van der Waals surface area contributed by atoms with E-state index in [1.165, 1.54) is 10.5 Å². The minimum Gasteiger partial charge on any atom is -0.443 e. The molecular weight excluding hydrogens is 292 g/mol. The zero-order chi connectivity index (χ0) is 16.6. The molecule has 124 valence electrons. The Hall–Kier alpha value is -1.88. The standard InChI is InChI=1S/C18H24N2O3/c1-18(2,3)23-17(22)20-11-14-10-19(12-15(14)16(20)21)9-13-7-5-4-6-8-13/h4-8,14-15H,9-12H2,1-3H3/t14-,15-/m1/s1. The Morgan fingerprint density at radius 2 is 1.87 bits per heavy atom. The summed E-state index contributed by atoms with van der Waals surface area (Å²) in [6.07, 6.45) is -0.508. The Kier molecular flexibility index (Phi) is 4.15. The maximum absolute atomic E-state index is 12.5. The van der Waals surface area contributed by atoms with Crippen molar-refractivity contribution in [3.63, 3.8) is 0 Å². The van der Waals surface area contributed by atoms with Gasteiger partial charge in [0.2, 0.25) is 5.91 Å². The molecule has 0 spiro atoms. The Labute approximate surface area is 137 Å². The second kappa shape index (κ2) is 5.96. The summed E-state index contributed by atoms with van der Waals surface area (Å²) in [5.74, 6) is 0.0600. The Bertz CT molecular complexity index is 594. The van der Waals surface area contributed by atoms with E-state index < -0.39 is 11.7 Å². The van der Waals surface area contributed by atoms with Crippen molar-refractivity contribution in [1.82, 2.24) is 9.80 Å². The molecule has 0 saturated carbocycles. The van der Waals surface area contributed by atoms with Crippen LogP contribution in [0.2, 0.25) is 0 Å². The highest BCUT2D eigenvalue weighted by atomic mass is 16.6. The number of fused-ring (bicyclic) bond motifs is 1. The van der Waals surface area contributed by atoms with Crippen LogP contribution in [-0.4, -0.2) is 47.0 Å². The third-order valence-electron chi connectivity index (χ3n) is 4.38. The number of hydrogen-bond acceptors (Lipinski definition) is 4. The van der Waals surface area contributed by atoms with Crippen LogP contribution < -0.4 is 0 Å². The molecule has 23 heavy (non-hydrogen) atoms. The van der Waals surface area contributed by atoms with Crippen LogP contribution in [0.15, 0.2) is 30.3 Å². The van der Waals surface area contributed by atoms with Gasteiger partial charge in [-0.15, -0.1) is 0 Å². The highest BCUT2D eigenvalue weighted by Gasteiger charge is 2.49. The van der Waals surface area contributed by atoms with Crippen molar-refractivity contribution in [2.75, 3.05) is 19.6 Å². The van der Waals surface area contributed by atoms with Crippen LogP contribution in [0.25, 0.3) is 0 Å². The first-order valence-electron chi connectivity index (χ1n) is 8.14. The summed E-state index contributed by atoms with van der Waals surface area (Å²) in [4.78, 5) is 28.2.